The van der Waals surface area contributed by atoms with Gasteiger partial charge >= 0.3 is 0 Å². The summed E-state index contributed by atoms with van der Waals surface area (Å²) in [5, 5.41) is 13.5. The van der Waals surface area contributed by atoms with Crippen LogP contribution in [-0.2, 0) is 0 Å². The van der Waals surface area contributed by atoms with Crippen molar-refractivity contribution in [2.24, 2.45) is 4.99 Å². The minimum absolute atomic E-state index is 0.0488. The lowest BCUT2D eigenvalue weighted by atomic mass is 9.82. The number of rotatable bonds is 5. The highest BCUT2D eigenvalue weighted by atomic mass is 35.5. The molecule has 1 N–H and O–H groups in total. The molecule has 0 saturated carbocycles. The SMILES string of the molecule is CC(C)N=C1SCC(O)(C(c2ccc(F)cc2)c2ccc(Cl)cc2)N1C(C)C. The third-order valence-corrected chi connectivity index (χ3v) is 6.17. The van der Waals surface area contributed by atoms with Crippen LogP contribution in [0.1, 0.15) is 44.7 Å². The lowest BCUT2D eigenvalue weighted by Crippen LogP contribution is -2.55. The quantitative estimate of drug-likeness (QED) is 0.691. The van der Waals surface area contributed by atoms with Gasteiger partial charge in [-0.1, -0.05) is 47.6 Å². The molecule has 3 nitrogen and oxygen atoms in total. The van der Waals surface area contributed by atoms with Gasteiger partial charge in [-0.05, 0) is 63.1 Å². The number of hydrogen-bond donors (Lipinski definition) is 1. The van der Waals surface area contributed by atoms with Crippen molar-refractivity contribution in [2.75, 3.05) is 5.75 Å². The normalized spacial score (nSPS) is 22.5. The lowest BCUT2D eigenvalue weighted by molar-refractivity contribution is -0.0685. The molecule has 0 aliphatic carbocycles. The second-order valence-electron chi connectivity index (χ2n) is 7.67. The van der Waals surface area contributed by atoms with Gasteiger partial charge in [0, 0.05) is 17.1 Å². The standard InChI is InChI=1S/C22H26ClFN2OS/c1-14(2)25-21-26(15(3)4)22(27,13-28-21)20(16-5-9-18(23)10-6-16)17-7-11-19(24)12-8-17/h5-12,14-15,20,27H,13H2,1-4H3. The summed E-state index contributed by atoms with van der Waals surface area (Å²) >= 11 is 7.66. The molecule has 1 fully saturated rings. The molecule has 1 saturated heterocycles. The number of hydrogen-bond acceptors (Lipinski definition) is 3. The highest BCUT2D eigenvalue weighted by Crippen LogP contribution is 2.46. The van der Waals surface area contributed by atoms with E-state index in [9.17, 15) is 9.50 Å². The van der Waals surface area contributed by atoms with Crippen LogP contribution in [0.15, 0.2) is 53.5 Å². The first-order valence-electron chi connectivity index (χ1n) is 9.45. The smallest absolute Gasteiger partial charge is 0.162 e. The molecule has 0 bridgehead atoms. The van der Waals surface area contributed by atoms with E-state index in [1.807, 2.05) is 43.0 Å². The molecule has 0 aromatic heterocycles. The first-order valence-corrected chi connectivity index (χ1v) is 10.8. The average molecular weight is 421 g/mol. The number of benzene rings is 2. The molecule has 2 aromatic carbocycles. The summed E-state index contributed by atoms with van der Waals surface area (Å²) in [7, 11) is 0. The first-order chi connectivity index (χ1) is 13.2. The molecule has 1 aliphatic heterocycles. The summed E-state index contributed by atoms with van der Waals surface area (Å²) in [4.78, 5) is 6.74. The molecule has 0 amide bonds. The molecule has 2 unspecified atom stereocenters. The fraction of sp³-hybridized carbons (Fsp3) is 0.409. The third kappa shape index (κ3) is 4.22. The summed E-state index contributed by atoms with van der Waals surface area (Å²) in [6.45, 7) is 8.16. The average Bonchev–Trinajstić information content (AvgIpc) is 2.95. The van der Waals surface area contributed by atoms with Crippen LogP contribution in [0.3, 0.4) is 0 Å². The summed E-state index contributed by atoms with van der Waals surface area (Å²) in [5.41, 5.74) is 0.580. The van der Waals surface area contributed by atoms with Crippen molar-refractivity contribution in [1.82, 2.24) is 4.90 Å². The first kappa shape index (κ1) is 21.2. The van der Waals surface area contributed by atoms with Gasteiger partial charge in [0.2, 0.25) is 0 Å². The van der Waals surface area contributed by atoms with E-state index in [1.54, 1.807) is 23.9 Å². The highest BCUT2D eigenvalue weighted by molar-refractivity contribution is 8.14. The Hall–Kier alpha value is -1.56. The van der Waals surface area contributed by atoms with Crippen LogP contribution in [0.5, 0.6) is 0 Å². The van der Waals surface area contributed by atoms with Crippen LogP contribution in [-0.4, -0.2) is 38.7 Å². The third-order valence-electron chi connectivity index (χ3n) is 4.79. The van der Waals surface area contributed by atoms with Gasteiger partial charge in [-0.2, -0.15) is 0 Å². The Morgan fingerprint density at radius 2 is 1.57 bits per heavy atom. The van der Waals surface area contributed by atoms with Crippen LogP contribution < -0.4 is 0 Å². The molecule has 6 heteroatoms. The molecule has 1 aliphatic rings. The minimum Gasteiger partial charge on any atom is -0.369 e. The summed E-state index contributed by atoms with van der Waals surface area (Å²) in [6.07, 6.45) is 0. The van der Waals surface area contributed by atoms with E-state index in [0.29, 0.717) is 10.8 Å². The maximum absolute atomic E-state index is 13.6. The fourth-order valence-electron chi connectivity index (χ4n) is 3.72. The zero-order valence-corrected chi connectivity index (χ0v) is 18.1. The van der Waals surface area contributed by atoms with Gasteiger partial charge in [-0.25, -0.2) is 4.39 Å². The van der Waals surface area contributed by atoms with Crippen molar-refractivity contribution in [1.29, 1.82) is 0 Å². The highest BCUT2D eigenvalue weighted by Gasteiger charge is 2.51. The van der Waals surface area contributed by atoms with E-state index < -0.39 is 5.72 Å². The molecule has 0 spiro atoms. The van der Waals surface area contributed by atoms with E-state index in [4.69, 9.17) is 16.6 Å². The lowest BCUT2D eigenvalue weighted by Gasteiger charge is -2.43. The Morgan fingerprint density at radius 3 is 2.07 bits per heavy atom. The van der Waals surface area contributed by atoms with E-state index in [0.717, 1.165) is 16.3 Å². The Bertz CT molecular complexity index is 793. The van der Waals surface area contributed by atoms with Crippen molar-refractivity contribution < 1.29 is 9.50 Å². The number of amidine groups is 1. The van der Waals surface area contributed by atoms with Gasteiger partial charge in [0.05, 0.1) is 11.7 Å². The maximum Gasteiger partial charge on any atom is 0.162 e. The number of nitrogens with zero attached hydrogens (tertiary/aromatic N) is 2. The summed E-state index contributed by atoms with van der Waals surface area (Å²) < 4.78 is 13.6. The molecule has 0 radical (unpaired) electrons. The molecular formula is C22H26ClFN2OS. The number of aliphatic imine (C=N–C) groups is 1. The van der Waals surface area contributed by atoms with E-state index >= 15 is 0 Å². The minimum atomic E-state index is -1.20. The second-order valence-corrected chi connectivity index (χ2v) is 9.05. The number of halogens is 2. The van der Waals surface area contributed by atoms with Gasteiger partial charge in [-0.15, -0.1) is 0 Å². The van der Waals surface area contributed by atoms with Crippen LogP contribution >= 0.6 is 23.4 Å². The van der Waals surface area contributed by atoms with Crippen LogP contribution in [0.2, 0.25) is 5.02 Å². The predicted molar refractivity (Wildman–Crippen MR) is 117 cm³/mol. The Kier molecular flexibility index (Phi) is 6.37. The van der Waals surface area contributed by atoms with Gasteiger partial charge < -0.3 is 10.0 Å². The second kappa shape index (κ2) is 8.44. The van der Waals surface area contributed by atoms with E-state index in [-0.39, 0.29) is 23.8 Å². The van der Waals surface area contributed by atoms with Gasteiger partial charge in [0.1, 0.15) is 5.82 Å². The molecule has 1 heterocycles. The van der Waals surface area contributed by atoms with Gasteiger partial charge in [0.25, 0.3) is 0 Å². The Balaban J connectivity index is 2.15. The molecule has 3 rings (SSSR count). The topological polar surface area (TPSA) is 35.8 Å². The maximum atomic E-state index is 13.6. The number of thioether (sulfide) groups is 1. The zero-order chi connectivity index (χ0) is 20.5. The molecule has 2 atom stereocenters. The Morgan fingerprint density at radius 1 is 1.04 bits per heavy atom. The van der Waals surface area contributed by atoms with Crippen molar-refractivity contribution in [2.45, 2.75) is 51.4 Å². The van der Waals surface area contributed by atoms with E-state index in [1.165, 1.54) is 12.1 Å². The summed E-state index contributed by atoms with van der Waals surface area (Å²) in [5.74, 6) is -0.198. The van der Waals surface area contributed by atoms with E-state index in [2.05, 4.69) is 13.8 Å². The molecule has 28 heavy (non-hydrogen) atoms. The predicted octanol–water partition coefficient (Wildman–Crippen LogP) is 5.52. The van der Waals surface area contributed by atoms with Gasteiger partial charge in [0.15, 0.2) is 10.9 Å². The van der Waals surface area contributed by atoms with Crippen molar-refractivity contribution in [3.63, 3.8) is 0 Å². The Labute approximate surface area is 175 Å². The largest absolute Gasteiger partial charge is 0.369 e. The van der Waals surface area contributed by atoms with Crippen molar-refractivity contribution >= 4 is 28.5 Å². The zero-order valence-electron chi connectivity index (χ0n) is 16.6. The molecule has 150 valence electrons. The number of aliphatic hydroxyl groups is 1. The van der Waals surface area contributed by atoms with Crippen LogP contribution in [0.4, 0.5) is 4.39 Å². The van der Waals surface area contributed by atoms with Crippen LogP contribution in [0, 0.1) is 5.82 Å². The monoisotopic (exact) mass is 420 g/mol. The summed E-state index contributed by atoms with van der Waals surface area (Å²) in [6, 6.07) is 14.0. The van der Waals surface area contributed by atoms with Crippen molar-refractivity contribution in [3.8, 4) is 0 Å². The van der Waals surface area contributed by atoms with Crippen LogP contribution in [0.25, 0.3) is 0 Å². The van der Waals surface area contributed by atoms with Crippen molar-refractivity contribution in [3.05, 3.63) is 70.5 Å². The van der Waals surface area contributed by atoms with Gasteiger partial charge in [-0.3, -0.25) is 4.99 Å². The fourth-order valence-corrected chi connectivity index (χ4v) is 5.29. The molecular weight excluding hydrogens is 395 g/mol. The molecule has 2 aromatic rings.